The second-order valence-corrected chi connectivity index (χ2v) is 10.4. The lowest BCUT2D eigenvalue weighted by atomic mass is 9.83. The van der Waals surface area contributed by atoms with E-state index in [2.05, 4.69) is 17.2 Å². The molecule has 0 unspecified atom stereocenters. The second-order valence-electron chi connectivity index (χ2n) is 8.54. The topological polar surface area (TPSA) is 78.9 Å². The van der Waals surface area contributed by atoms with Gasteiger partial charge in [-0.05, 0) is 54.4 Å². The minimum Gasteiger partial charge on any atom is -0.497 e. The number of aliphatic hydroxyl groups is 1. The zero-order valence-electron chi connectivity index (χ0n) is 18.8. The number of anilines is 1. The van der Waals surface area contributed by atoms with Gasteiger partial charge in [0.05, 0.1) is 30.7 Å². The smallest absolute Gasteiger partial charge is 0.243 e. The predicted molar refractivity (Wildman–Crippen MR) is 131 cm³/mol. The first-order valence-corrected chi connectivity index (χ1v) is 12.7. The Bertz CT molecular complexity index is 1360. The summed E-state index contributed by atoms with van der Waals surface area (Å²) in [6.45, 7) is 0.315. The highest BCUT2D eigenvalue weighted by Gasteiger charge is 2.48. The molecule has 0 bridgehead atoms. The number of rotatable bonds is 4. The SMILES string of the molecule is COc1cccc(S(=O)(=O)N2CC[C@H]3[C@H](CO)Nc4ccc(C#Cc5ccccc5)cc4[C@H]32)c1. The van der Waals surface area contributed by atoms with Crippen LogP contribution in [0.5, 0.6) is 5.75 Å². The Morgan fingerprint density at radius 3 is 2.59 bits per heavy atom. The molecule has 3 aromatic rings. The average Bonchev–Trinajstić information content (AvgIpc) is 3.34. The van der Waals surface area contributed by atoms with Crippen LogP contribution in [0.2, 0.25) is 0 Å². The van der Waals surface area contributed by atoms with Crippen LogP contribution in [0.4, 0.5) is 5.69 Å². The van der Waals surface area contributed by atoms with Gasteiger partial charge in [0, 0.05) is 35.3 Å². The highest BCUT2D eigenvalue weighted by atomic mass is 32.2. The van der Waals surface area contributed by atoms with Gasteiger partial charge in [-0.2, -0.15) is 4.31 Å². The fourth-order valence-corrected chi connectivity index (χ4v) is 6.63. The van der Waals surface area contributed by atoms with Gasteiger partial charge in [0.1, 0.15) is 5.75 Å². The van der Waals surface area contributed by atoms with Crippen molar-refractivity contribution in [1.29, 1.82) is 0 Å². The van der Waals surface area contributed by atoms with Crippen molar-refractivity contribution in [2.24, 2.45) is 5.92 Å². The van der Waals surface area contributed by atoms with E-state index in [4.69, 9.17) is 4.74 Å². The number of aliphatic hydroxyl groups excluding tert-OH is 1. The molecule has 34 heavy (non-hydrogen) atoms. The summed E-state index contributed by atoms with van der Waals surface area (Å²) in [5.74, 6) is 6.82. The van der Waals surface area contributed by atoms with E-state index in [1.54, 1.807) is 28.6 Å². The van der Waals surface area contributed by atoms with E-state index in [0.29, 0.717) is 18.7 Å². The van der Waals surface area contributed by atoms with Crippen molar-refractivity contribution in [2.45, 2.75) is 23.4 Å². The molecule has 0 saturated carbocycles. The van der Waals surface area contributed by atoms with Crippen LogP contribution in [0.1, 0.15) is 29.2 Å². The first-order chi connectivity index (χ1) is 16.5. The number of nitrogens with one attached hydrogen (secondary N) is 1. The van der Waals surface area contributed by atoms with Gasteiger partial charge in [-0.25, -0.2) is 8.42 Å². The molecule has 174 valence electrons. The second kappa shape index (κ2) is 9.15. The van der Waals surface area contributed by atoms with Crippen molar-refractivity contribution < 1.29 is 18.3 Å². The van der Waals surface area contributed by atoms with E-state index < -0.39 is 10.0 Å². The maximum absolute atomic E-state index is 13.7. The molecule has 7 heteroatoms. The van der Waals surface area contributed by atoms with Crippen LogP contribution in [0.25, 0.3) is 0 Å². The predicted octanol–water partition coefficient (Wildman–Crippen LogP) is 3.63. The zero-order chi connectivity index (χ0) is 23.7. The summed E-state index contributed by atoms with van der Waals surface area (Å²) in [6, 6.07) is 21.5. The van der Waals surface area contributed by atoms with Crippen molar-refractivity contribution in [3.63, 3.8) is 0 Å². The van der Waals surface area contributed by atoms with Crippen molar-refractivity contribution in [3.8, 4) is 17.6 Å². The summed E-state index contributed by atoms with van der Waals surface area (Å²) in [6.07, 6.45) is 0.658. The summed E-state index contributed by atoms with van der Waals surface area (Å²) in [4.78, 5) is 0.202. The van der Waals surface area contributed by atoms with Gasteiger partial charge < -0.3 is 15.2 Å². The Hall–Kier alpha value is -3.31. The minimum absolute atomic E-state index is 0.0461. The van der Waals surface area contributed by atoms with Crippen molar-refractivity contribution in [2.75, 3.05) is 25.6 Å². The molecule has 0 aliphatic carbocycles. The molecule has 2 aliphatic heterocycles. The molecule has 5 rings (SSSR count). The number of methoxy groups -OCH3 is 1. The third-order valence-corrected chi connectivity index (χ3v) is 8.47. The summed E-state index contributed by atoms with van der Waals surface area (Å²) in [5.41, 5.74) is 3.45. The van der Waals surface area contributed by atoms with E-state index in [0.717, 1.165) is 22.4 Å². The van der Waals surface area contributed by atoms with Gasteiger partial charge >= 0.3 is 0 Å². The van der Waals surface area contributed by atoms with E-state index in [-0.39, 0.29) is 29.5 Å². The molecule has 2 N–H and O–H groups in total. The van der Waals surface area contributed by atoms with Gasteiger partial charge in [-0.15, -0.1) is 0 Å². The van der Waals surface area contributed by atoms with Crippen molar-refractivity contribution in [3.05, 3.63) is 89.5 Å². The monoisotopic (exact) mass is 474 g/mol. The molecule has 6 nitrogen and oxygen atoms in total. The lowest BCUT2D eigenvalue weighted by molar-refractivity contribution is 0.210. The quantitative estimate of drug-likeness (QED) is 0.565. The number of hydrogen-bond acceptors (Lipinski definition) is 5. The number of hydrogen-bond donors (Lipinski definition) is 2. The Kier molecular flexibility index (Phi) is 6.05. The fourth-order valence-electron chi connectivity index (χ4n) is 4.93. The van der Waals surface area contributed by atoms with Gasteiger partial charge in [-0.1, -0.05) is 36.1 Å². The minimum atomic E-state index is -3.78. The number of fused-ring (bicyclic) bond motifs is 3. The first kappa shape index (κ1) is 22.5. The van der Waals surface area contributed by atoms with E-state index in [9.17, 15) is 13.5 Å². The van der Waals surface area contributed by atoms with Crippen LogP contribution >= 0.6 is 0 Å². The molecule has 3 aromatic carbocycles. The maximum atomic E-state index is 13.7. The lowest BCUT2D eigenvalue weighted by Gasteiger charge is -2.38. The molecule has 0 spiro atoms. The molecule has 2 heterocycles. The van der Waals surface area contributed by atoms with E-state index in [1.807, 2.05) is 48.5 Å². The molecule has 3 atom stereocenters. The zero-order valence-corrected chi connectivity index (χ0v) is 19.6. The van der Waals surface area contributed by atoms with Gasteiger partial charge in [0.2, 0.25) is 10.0 Å². The summed E-state index contributed by atoms with van der Waals surface area (Å²) in [5, 5.41) is 13.4. The molecule has 0 aromatic heterocycles. The van der Waals surface area contributed by atoms with Crippen LogP contribution < -0.4 is 10.1 Å². The Morgan fingerprint density at radius 1 is 1.03 bits per heavy atom. The molecular weight excluding hydrogens is 448 g/mol. The molecule has 2 aliphatic rings. The van der Waals surface area contributed by atoms with E-state index in [1.165, 1.54) is 7.11 Å². The van der Waals surface area contributed by atoms with Crippen LogP contribution in [-0.2, 0) is 10.0 Å². The highest BCUT2D eigenvalue weighted by Crippen LogP contribution is 2.48. The third-order valence-electron chi connectivity index (χ3n) is 6.60. The fraction of sp³-hybridized carbons (Fsp3) is 0.259. The van der Waals surface area contributed by atoms with Crippen LogP contribution in [0.3, 0.4) is 0 Å². The summed E-state index contributed by atoms with van der Waals surface area (Å²) < 4.78 is 34.3. The number of ether oxygens (including phenoxy) is 1. The maximum Gasteiger partial charge on any atom is 0.243 e. The molecule has 0 radical (unpaired) electrons. The van der Waals surface area contributed by atoms with Gasteiger partial charge in [-0.3, -0.25) is 0 Å². The normalized spacial score (nSPS) is 21.5. The number of benzene rings is 3. The Balaban J connectivity index is 1.56. The summed E-state index contributed by atoms with van der Waals surface area (Å²) >= 11 is 0. The van der Waals surface area contributed by atoms with Gasteiger partial charge in [0.15, 0.2) is 0 Å². The van der Waals surface area contributed by atoms with Crippen molar-refractivity contribution >= 4 is 15.7 Å². The number of nitrogens with zero attached hydrogens (tertiary/aromatic N) is 1. The Morgan fingerprint density at radius 2 is 1.82 bits per heavy atom. The summed E-state index contributed by atoms with van der Waals surface area (Å²) in [7, 11) is -2.26. The number of sulfonamides is 1. The highest BCUT2D eigenvalue weighted by molar-refractivity contribution is 7.89. The molecule has 1 fully saturated rings. The Labute approximate surface area is 200 Å². The van der Waals surface area contributed by atoms with Gasteiger partial charge in [0.25, 0.3) is 0 Å². The first-order valence-electron chi connectivity index (χ1n) is 11.3. The van der Waals surface area contributed by atoms with Crippen LogP contribution in [0.15, 0.2) is 77.7 Å². The lowest BCUT2D eigenvalue weighted by Crippen LogP contribution is -2.42. The van der Waals surface area contributed by atoms with Crippen LogP contribution in [-0.4, -0.2) is 44.1 Å². The van der Waals surface area contributed by atoms with Crippen molar-refractivity contribution in [1.82, 2.24) is 4.31 Å². The molecule has 1 saturated heterocycles. The van der Waals surface area contributed by atoms with E-state index >= 15 is 0 Å². The largest absolute Gasteiger partial charge is 0.497 e. The molecule has 0 amide bonds. The molecular formula is C27H26N2O4S. The average molecular weight is 475 g/mol. The third kappa shape index (κ3) is 4.05. The standard InChI is InChI=1S/C27H26N2O4S/c1-33-21-8-5-9-22(17-21)34(31,32)29-15-14-23-26(18-30)28-25-13-12-20(16-24(25)27(23)29)11-10-19-6-3-2-4-7-19/h2-9,12-13,16-17,23,26-28,30H,14-15,18H2,1H3/t23-,26-,27-/m0/s1. The van der Waals surface area contributed by atoms with Crippen LogP contribution in [0, 0.1) is 17.8 Å².